The number of hydrogen-bond acceptors (Lipinski definition) is 3. The normalized spacial score (nSPS) is 11.6. The number of methoxy groups -OCH3 is 1. The van der Waals surface area contributed by atoms with E-state index in [1.165, 1.54) is 0 Å². The number of nitrogens with one attached hydrogen (secondary N) is 1. The highest BCUT2D eigenvalue weighted by molar-refractivity contribution is 5.87. The maximum atomic E-state index is 12.3. The third-order valence-corrected chi connectivity index (χ3v) is 4.14. The van der Waals surface area contributed by atoms with Crippen LogP contribution in [0, 0.1) is 0 Å². The molecule has 1 unspecified atom stereocenters. The second-order valence-corrected chi connectivity index (χ2v) is 5.65. The third-order valence-electron chi connectivity index (χ3n) is 4.14. The fourth-order valence-electron chi connectivity index (χ4n) is 2.97. The molecule has 0 saturated heterocycles. The minimum atomic E-state index is -0.596. The van der Waals surface area contributed by atoms with Gasteiger partial charge in [-0.15, -0.1) is 0 Å². The van der Waals surface area contributed by atoms with Crippen LogP contribution in [0.5, 0.6) is 5.75 Å². The Morgan fingerprint density at radius 3 is 2.32 bits per heavy atom. The van der Waals surface area contributed by atoms with Gasteiger partial charge in [-0.25, -0.2) is 5.48 Å². The number of ether oxygens (including phenoxy) is 1. The third kappa shape index (κ3) is 3.54. The molecule has 4 heteroatoms. The van der Waals surface area contributed by atoms with E-state index in [4.69, 9.17) is 4.74 Å². The summed E-state index contributed by atoms with van der Waals surface area (Å²) in [5.41, 5.74) is 5.28. The number of amides is 1. The summed E-state index contributed by atoms with van der Waals surface area (Å²) in [6.07, 6.45) is 0. The quantitative estimate of drug-likeness (QED) is 0.548. The molecule has 0 aliphatic heterocycles. The first-order valence-electron chi connectivity index (χ1n) is 7.97. The smallest absolute Gasteiger partial charge is 0.255 e. The predicted molar refractivity (Wildman–Crippen MR) is 96.6 cm³/mol. The maximum Gasteiger partial charge on any atom is 0.255 e. The van der Waals surface area contributed by atoms with Crippen LogP contribution in [-0.2, 0) is 4.79 Å². The molecule has 0 saturated carbocycles. The molecule has 3 rings (SSSR count). The van der Waals surface area contributed by atoms with Gasteiger partial charge in [0, 0.05) is 5.56 Å². The highest BCUT2D eigenvalue weighted by Gasteiger charge is 2.22. The average Bonchev–Trinajstić information content (AvgIpc) is 2.69. The standard InChI is InChI=1S/C21H19NO3/c1-25-19-13-6-5-12-18(19)16-10-7-11-17(14-16)20(21(23)22-24)15-8-3-2-4-9-15/h2-14,20,24H,1H3,(H,22,23). The van der Waals surface area contributed by atoms with Gasteiger partial charge in [0.25, 0.3) is 5.91 Å². The highest BCUT2D eigenvalue weighted by atomic mass is 16.5. The summed E-state index contributed by atoms with van der Waals surface area (Å²) in [6, 6.07) is 24.8. The summed E-state index contributed by atoms with van der Waals surface area (Å²) in [7, 11) is 1.63. The number of hydrogen-bond donors (Lipinski definition) is 2. The van der Waals surface area contributed by atoms with Crippen molar-refractivity contribution < 1.29 is 14.7 Å². The van der Waals surface area contributed by atoms with E-state index in [2.05, 4.69) is 0 Å². The van der Waals surface area contributed by atoms with Gasteiger partial charge in [0.1, 0.15) is 5.75 Å². The minimum Gasteiger partial charge on any atom is -0.496 e. The fourth-order valence-corrected chi connectivity index (χ4v) is 2.97. The first-order valence-corrected chi connectivity index (χ1v) is 7.97. The van der Waals surface area contributed by atoms with Crippen molar-refractivity contribution in [2.24, 2.45) is 0 Å². The zero-order valence-corrected chi connectivity index (χ0v) is 13.8. The molecule has 3 aromatic carbocycles. The number of hydroxylamine groups is 1. The van der Waals surface area contributed by atoms with E-state index in [9.17, 15) is 10.0 Å². The van der Waals surface area contributed by atoms with Crippen LogP contribution in [0.15, 0.2) is 78.9 Å². The van der Waals surface area contributed by atoms with Gasteiger partial charge in [0.15, 0.2) is 0 Å². The molecule has 2 N–H and O–H groups in total. The van der Waals surface area contributed by atoms with Crippen LogP contribution in [-0.4, -0.2) is 18.2 Å². The van der Waals surface area contributed by atoms with Crippen LogP contribution in [0.2, 0.25) is 0 Å². The molecule has 1 amide bonds. The van der Waals surface area contributed by atoms with Crippen molar-refractivity contribution in [3.05, 3.63) is 90.0 Å². The molecule has 1 atom stereocenters. The summed E-state index contributed by atoms with van der Waals surface area (Å²) >= 11 is 0. The van der Waals surface area contributed by atoms with Gasteiger partial charge in [0.2, 0.25) is 0 Å². The summed E-state index contributed by atoms with van der Waals surface area (Å²) in [5, 5.41) is 9.18. The monoisotopic (exact) mass is 333 g/mol. The van der Waals surface area contributed by atoms with Crippen molar-refractivity contribution in [1.82, 2.24) is 5.48 Å². The van der Waals surface area contributed by atoms with Crippen molar-refractivity contribution in [2.45, 2.75) is 5.92 Å². The van der Waals surface area contributed by atoms with E-state index < -0.39 is 11.8 Å². The van der Waals surface area contributed by atoms with Gasteiger partial charge in [-0.05, 0) is 28.8 Å². The van der Waals surface area contributed by atoms with Gasteiger partial charge >= 0.3 is 0 Å². The van der Waals surface area contributed by atoms with Crippen LogP contribution in [0.1, 0.15) is 17.0 Å². The zero-order chi connectivity index (χ0) is 17.6. The maximum absolute atomic E-state index is 12.3. The summed E-state index contributed by atoms with van der Waals surface area (Å²) in [6.45, 7) is 0. The minimum absolute atomic E-state index is 0.469. The van der Waals surface area contributed by atoms with Crippen molar-refractivity contribution in [3.8, 4) is 16.9 Å². The molecule has 0 aliphatic rings. The fraction of sp³-hybridized carbons (Fsp3) is 0.0952. The van der Waals surface area contributed by atoms with E-state index in [1.54, 1.807) is 12.6 Å². The molecule has 0 heterocycles. The Morgan fingerprint density at radius 2 is 1.60 bits per heavy atom. The Labute approximate surface area is 146 Å². The summed E-state index contributed by atoms with van der Waals surface area (Å²) < 4.78 is 5.43. The second kappa shape index (κ2) is 7.64. The van der Waals surface area contributed by atoms with E-state index in [-0.39, 0.29) is 0 Å². The molecule has 126 valence electrons. The largest absolute Gasteiger partial charge is 0.496 e. The molecule has 0 aliphatic carbocycles. The molecular formula is C21H19NO3. The Bertz CT molecular complexity index is 862. The predicted octanol–water partition coefficient (Wildman–Crippen LogP) is 4.00. The first-order chi connectivity index (χ1) is 12.2. The first kappa shape index (κ1) is 16.7. The Morgan fingerprint density at radius 1 is 0.920 bits per heavy atom. The van der Waals surface area contributed by atoms with E-state index >= 15 is 0 Å². The zero-order valence-electron chi connectivity index (χ0n) is 13.8. The summed E-state index contributed by atoms with van der Waals surface area (Å²) in [4.78, 5) is 12.3. The molecule has 0 aromatic heterocycles. The van der Waals surface area contributed by atoms with E-state index in [0.29, 0.717) is 0 Å². The Balaban J connectivity index is 2.08. The average molecular weight is 333 g/mol. The highest BCUT2D eigenvalue weighted by Crippen LogP contribution is 2.33. The SMILES string of the molecule is COc1ccccc1-c1cccc(C(C(=O)NO)c2ccccc2)c1. The van der Waals surface area contributed by atoms with Gasteiger partial charge < -0.3 is 4.74 Å². The van der Waals surface area contributed by atoms with Crippen molar-refractivity contribution in [2.75, 3.05) is 7.11 Å². The Kier molecular flexibility index (Phi) is 5.11. The molecule has 0 spiro atoms. The van der Waals surface area contributed by atoms with Crippen molar-refractivity contribution in [3.63, 3.8) is 0 Å². The lowest BCUT2D eigenvalue weighted by atomic mass is 9.88. The lowest BCUT2D eigenvalue weighted by molar-refractivity contribution is -0.129. The van der Waals surface area contributed by atoms with Gasteiger partial charge in [-0.1, -0.05) is 66.7 Å². The molecular weight excluding hydrogens is 314 g/mol. The lowest BCUT2D eigenvalue weighted by Gasteiger charge is -2.17. The van der Waals surface area contributed by atoms with Gasteiger partial charge in [-0.3, -0.25) is 10.0 Å². The van der Waals surface area contributed by atoms with Crippen LogP contribution in [0.4, 0.5) is 0 Å². The molecule has 0 fully saturated rings. The van der Waals surface area contributed by atoms with Crippen molar-refractivity contribution >= 4 is 5.91 Å². The number of carbonyl (C=O) groups excluding carboxylic acids is 1. The van der Waals surface area contributed by atoms with E-state index in [1.807, 2.05) is 78.9 Å². The van der Waals surface area contributed by atoms with Gasteiger partial charge in [0.05, 0.1) is 13.0 Å². The number of rotatable bonds is 5. The molecule has 4 nitrogen and oxygen atoms in total. The molecule has 0 radical (unpaired) electrons. The lowest BCUT2D eigenvalue weighted by Crippen LogP contribution is -2.27. The Hall–Kier alpha value is -3.11. The number of para-hydroxylation sites is 1. The van der Waals surface area contributed by atoms with E-state index in [0.717, 1.165) is 28.0 Å². The summed E-state index contributed by atoms with van der Waals surface area (Å²) in [5.74, 6) is -0.299. The number of carbonyl (C=O) groups is 1. The van der Waals surface area contributed by atoms with Crippen LogP contribution < -0.4 is 10.2 Å². The molecule has 3 aromatic rings. The van der Waals surface area contributed by atoms with Crippen LogP contribution >= 0.6 is 0 Å². The topological polar surface area (TPSA) is 58.6 Å². The van der Waals surface area contributed by atoms with Gasteiger partial charge in [-0.2, -0.15) is 0 Å². The van der Waals surface area contributed by atoms with Crippen LogP contribution in [0.25, 0.3) is 11.1 Å². The van der Waals surface area contributed by atoms with Crippen molar-refractivity contribution in [1.29, 1.82) is 0 Å². The second-order valence-electron chi connectivity index (χ2n) is 5.65. The van der Waals surface area contributed by atoms with Crippen LogP contribution in [0.3, 0.4) is 0 Å². The molecule has 0 bridgehead atoms. The molecule has 25 heavy (non-hydrogen) atoms. The number of benzene rings is 3.